The second kappa shape index (κ2) is 7.08. The smallest absolute Gasteiger partial charge is 0.343 e. The summed E-state index contributed by atoms with van der Waals surface area (Å²) in [6.07, 6.45) is 0. The van der Waals surface area contributed by atoms with Gasteiger partial charge in [0.25, 0.3) is 0 Å². The maximum Gasteiger partial charge on any atom is 0.343 e. The minimum atomic E-state index is -0.279. The minimum Gasteiger partial charge on any atom is -0.422 e. The molecule has 144 valence electrons. The molecule has 1 aromatic heterocycles. The fraction of sp³-hybridized carbons (Fsp3) is 0.125. The van der Waals surface area contributed by atoms with Crippen molar-refractivity contribution in [2.75, 3.05) is 16.5 Å². The molecule has 0 fully saturated rings. The van der Waals surface area contributed by atoms with Crippen molar-refractivity contribution >= 4 is 44.0 Å². The van der Waals surface area contributed by atoms with Crippen LogP contribution in [0.2, 0.25) is 0 Å². The van der Waals surface area contributed by atoms with Crippen LogP contribution in [0.3, 0.4) is 0 Å². The second-order valence-electron chi connectivity index (χ2n) is 7.25. The summed E-state index contributed by atoms with van der Waals surface area (Å²) in [5.74, 6) is 0. The Morgan fingerprint density at radius 2 is 1.69 bits per heavy atom. The Morgan fingerprint density at radius 3 is 2.48 bits per heavy atom. The van der Waals surface area contributed by atoms with E-state index in [9.17, 15) is 4.79 Å². The molecule has 0 spiro atoms. The van der Waals surface area contributed by atoms with Crippen molar-refractivity contribution in [3.05, 3.63) is 98.8 Å². The molecule has 0 saturated carbocycles. The minimum absolute atomic E-state index is 0.279. The first-order valence-electron chi connectivity index (χ1n) is 9.50. The van der Waals surface area contributed by atoms with Crippen molar-refractivity contribution in [2.45, 2.75) is 13.5 Å². The fourth-order valence-corrected chi connectivity index (χ4v) is 4.17. The topological polar surface area (TPSA) is 36.7 Å². The molecule has 0 saturated heterocycles. The van der Waals surface area contributed by atoms with Crippen LogP contribution in [0.15, 0.2) is 86.5 Å². The van der Waals surface area contributed by atoms with E-state index < -0.39 is 0 Å². The first kappa shape index (κ1) is 18.0. The molecular formula is C24H19BrN2O2. The number of hydrogen-bond donors (Lipinski definition) is 0. The largest absolute Gasteiger partial charge is 0.422 e. The van der Waals surface area contributed by atoms with Crippen LogP contribution in [-0.2, 0) is 6.54 Å². The van der Waals surface area contributed by atoms with Crippen molar-refractivity contribution in [3.63, 3.8) is 0 Å². The predicted molar refractivity (Wildman–Crippen MR) is 121 cm³/mol. The Balaban J connectivity index is 1.76. The van der Waals surface area contributed by atoms with Crippen LogP contribution in [0.1, 0.15) is 11.1 Å². The third kappa shape index (κ3) is 3.12. The molecule has 3 aromatic carbocycles. The Bertz CT molecular complexity index is 1270. The fourth-order valence-electron chi connectivity index (χ4n) is 3.92. The molecule has 0 radical (unpaired) electrons. The number of halogens is 1. The van der Waals surface area contributed by atoms with Crippen molar-refractivity contribution < 1.29 is 4.42 Å². The van der Waals surface area contributed by atoms with E-state index >= 15 is 0 Å². The van der Waals surface area contributed by atoms with Gasteiger partial charge in [-0.1, -0.05) is 46.3 Å². The van der Waals surface area contributed by atoms with Gasteiger partial charge in [0.05, 0.1) is 24.5 Å². The highest BCUT2D eigenvalue weighted by Crippen LogP contribution is 2.39. The molecule has 5 rings (SSSR count). The molecule has 4 aromatic rings. The number of benzene rings is 3. The highest BCUT2D eigenvalue weighted by Gasteiger charge is 2.29. The summed E-state index contributed by atoms with van der Waals surface area (Å²) in [6, 6.07) is 24.2. The lowest BCUT2D eigenvalue weighted by Gasteiger charge is -2.39. The van der Waals surface area contributed by atoms with Gasteiger partial charge in [-0.25, -0.2) is 4.79 Å². The van der Waals surface area contributed by atoms with Crippen LogP contribution < -0.4 is 15.4 Å². The van der Waals surface area contributed by atoms with Crippen LogP contribution in [0.5, 0.6) is 0 Å². The lowest BCUT2D eigenvalue weighted by Crippen LogP contribution is -2.42. The maximum atomic E-state index is 12.9. The molecule has 0 aliphatic carbocycles. The number of aryl methyl sites for hydroxylation is 1. The Morgan fingerprint density at radius 1 is 0.931 bits per heavy atom. The number of nitrogens with zero attached hydrogens (tertiary/aromatic N) is 2. The molecule has 4 nitrogen and oxygen atoms in total. The zero-order valence-corrected chi connectivity index (χ0v) is 17.5. The van der Waals surface area contributed by atoms with Gasteiger partial charge < -0.3 is 14.2 Å². The van der Waals surface area contributed by atoms with Gasteiger partial charge in [0, 0.05) is 21.2 Å². The van der Waals surface area contributed by atoms with E-state index in [2.05, 4.69) is 63.0 Å². The van der Waals surface area contributed by atoms with E-state index in [0.717, 1.165) is 32.5 Å². The third-order valence-electron chi connectivity index (χ3n) is 5.38. The van der Waals surface area contributed by atoms with E-state index in [1.54, 1.807) is 0 Å². The molecule has 0 amide bonds. The highest BCUT2D eigenvalue weighted by atomic mass is 79.9. The zero-order valence-electron chi connectivity index (χ0n) is 15.9. The summed E-state index contributed by atoms with van der Waals surface area (Å²) < 4.78 is 6.72. The van der Waals surface area contributed by atoms with Gasteiger partial charge in [0.15, 0.2) is 0 Å². The van der Waals surface area contributed by atoms with Crippen LogP contribution in [0.4, 0.5) is 17.1 Å². The van der Waals surface area contributed by atoms with Crippen LogP contribution in [0.25, 0.3) is 11.0 Å². The summed E-state index contributed by atoms with van der Waals surface area (Å²) in [6.45, 7) is 3.23. The monoisotopic (exact) mass is 446 g/mol. The molecule has 1 aliphatic rings. The van der Waals surface area contributed by atoms with Gasteiger partial charge in [0.2, 0.25) is 0 Å². The number of anilines is 3. The number of para-hydroxylation sites is 2. The summed E-state index contributed by atoms with van der Waals surface area (Å²) in [4.78, 5) is 17.3. The summed E-state index contributed by atoms with van der Waals surface area (Å²) in [5.41, 5.74) is 5.22. The second-order valence-corrected chi connectivity index (χ2v) is 8.10. The quantitative estimate of drug-likeness (QED) is 0.355. The molecule has 0 bridgehead atoms. The number of hydrogen-bond acceptors (Lipinski definition) is 4. The van der Waals surface area contributed by atoms with E-state index in [4.69, 9.17) is 4.42 Å². The van der Waals surface area contributed by atoms with Crippen LogP contribution in [0, 0.1) is 6.92 Å². The normalized spacial score (nSPS) is 13.6. The van der Waals surface area contributed by atoms with Crippen molar-refractivity contribution in [2.24, 2.45) is 0 Å². The van der Waals surface area contributed by atoms with Gasteiger partial charge in [-0.2, -0.15) is 0 Å². The first-order valence-corrected chi connectivity index (χ1v) is 10.3. The van der Waals surface area contributed by atoms with Gasteiger partial charge in [0.1, 0.15) is 5.58 Å². The lowest BCUT2D eigenvalue weighted by molar-refractivity contribution is 0.543. The molecule has 0 N–H and O–H groups in total. The highest BCUT2D eigenvalue weighted by molar-refractivity contribution is 9.10. The Labute approximate surface area is 177 Å². The van der Waals surface area contributed by atoms with E-state index in [1.807, 2.05) is 42.5 Å². The summed E-state index contributed by atoms with van der Waals surface area (Å²) >= 11 is 3.59. The molecule has 29 heavy (non-hydrogen) atoms. The Kier molecular flexibility index (Phi) is 4.40. The molecule has 2 heterocycles. The SMILES string of the molecule is Cc1cc(N2CN(c3ccccc3)Cc3c2c2ccccc2oc3=O)ccc1Br. The molecule has 5 heteroatoms. The zero-order chi connectivity index (χ0) is 20.0. The van der Waals surface area contributed by atoms with E-state index in [1.165, 1.54) is 0 Å². The van der Waals surface area contributed by atoms with E-state index in [0.29, 0.717) is 24.4 Å². The molecule has 1 aliphatic heterocycles. The number of rotatable bonds is 2. The van der Waals surface area contributed by atoms with Crippen LogP contribution >= 0.6 is 15.9 Å². The van der Waals surface area contributed by atoms with Gasteiger partial charge >= 0.3 is 5.63 Å². The van der Waals surface area contributed by atoms with Gasteiger partial charge in [-0.05, 0) is 55.0 Å². The number of fused-ring (bicyclic) bond motifs is 3. The van der Waals surface area contributed by atoms with Crippen LogP contribution in [-0.4, -0.2) is 6.67 Å². The summed E-state index contributed by atoms with van der Waals surface area (Å²) in [5, 5.41) is 0.954. The molecule has 0 atom stereocenters. The van der Waals surface area contributed by atoms with E-state index in [-0.39, 0.29) is 5.63 Å². The molecule has 0 unspecified atom stereocenters. The maximum absolute atomic E-state index is 12.9. The van der Waals surface area contributed by atoms with Crippen molar-refractivity contribution in [1.82, 2.24) is 0 Å². The van der Waals surface area contributed by atoms with Gasteiger partial charge in [-0.3, -0.25) is 0 Å². The average Bonchev–Trinajstić information content (AvgIpc) is 2.76. The molecular weight excluding hydrogens is 428 g/mol. The first-order chi connectivity index (χ1) is 14.1. The van der Waals surface area contributed by atoms with Crippen molar-refractivity contribution in [3.8, 4) is 0 Å². The Hall–Kier alpha value is -3.05. The third-order valence-corrected chi connectivity index (χ3v) is 6.27. The van der Waals surface area contributed by atoms with Crippen molar-refractivity contribution in [1.29, 1.82) is 0 Å². The average molecular weight is 447 g/mol. The van der Waals surface area contributed by atoms with Gasteiger partial charge in [-0.15, -0.1) is 0 Å². The standard InChI is InChI=1S/C24H19BrN2O2/c1-16-13-18(11-12-21(16)25)27-15-26(17-7-3-2-4-8-17)14-20-23(27)19-9-5-6-10-22(19)29-24(20)28/h2-13H,14-15H2,1H3. The summed E-state index contributed by atoms with van der Waals surface area (Å²) in [7, 11) is 0. The lowest BCUT2D eigenvalue weighted by atomic mass is 10.0. The predicted octanol–water partition coefficient (Wildman–Crippen LogP) is 5.98.